The normalized spacial score (nSPS) is 13.7. The number of carbonyl (C=O) groups is 1. The van der Waals surface area contributed by atoms with E-state index in [1.807, 2.05) is 12.1 Å². The summed E-state index contributed by atoms with van der Waals surface area (Å²) in [7, 11) is 0. The molecule has 0 aliphatic carbocycles. The van der Waals surface area contributed by atoms with E-state index in [2.05, 4.69) is 48.1 Å². The molecule has 1 aromatic carbocycles. The number of phenolic OH excluding ortho intramolecular Hbond substituents is 1. The molecule has 1 aromatic rings. The Hall–Kier alpha value is -1.77. The first-order chi connectivity index (χ1) is 10.4. The number of carboxylic acids is 1. The Kier molecular flexibility index (Phi) is 5.68. The van der Waals surface area contributed by atoms with Crippen molar-refractivity contribution >= 4 is 5.97 Å². The molecule has 0 fully saturated rings. The highest BCUT2D eigenvalue weighted by molar-refractivity contribution is 5.70. The molecule has 0 aromatic heterocycles. The summed E-state index contributed by atoms with van der Waals surface area (Å²) in [6, 6.07) is 3.90. The van der Waals surface area contributed by atoms with Crippen LogP contribution in [0.15, 0.2) is 24.8 Å². The summed E-state index contributed by atoms with van der Waals surface area (Å²) in [6.07, 6.45) is 2.52. The van der Waals surface area contributed by atoms with Gasteiger partial charge in [0.1, 0.15) is 5.75 Å². The van der Waals surface area contributed by atoms with Crippen molar-refractivity contribution in [3.63, 3.8) is 0 Å². The van der Waals surface area contributed by atoms with Gasteiger partial charge in [0.05, 0.1) is 5.92 Å². The second-order valence-electron chi connectivity index (χ2n) is 8.30. The number of aromatic hydroxyl groups is 1. The topological polar surface area (TPSA) is 57.5 Å². The fourth-order valence-corrected chi connectivity index (χ4v) is 2.71. The van der Waals surface area contributed by atoms with Gasteiger partial charge in [-0.25, -0.2) is 0 Å². The van der Waals surface area contributed by atoms with Crippen LogP contribution in [0.1, 0.15) is 64.7 Å². The lowest BCUT2D eigenvalue weighted by molar-refractivity contribution is -0.141. The van der Waals surface area contributed by atoms with Gasteiger partial charge in [-0.2, -0.15) is 0 Å². The van der Waals surface area contributed by atoms with Gasteiger partial charge in [0.2, 0.25) is 0 Å². The molecule has 2 N–H and O–H groups in total. The van der Waals surface area contributed by atoms with E-state index in [1.54, 1.807) is 6.08 Å². The van der Waals surface area contributed by atoms with Crippen LogP contribution >= 0.6 is 0 Å². The predicted octanol–water partition coefficient (Wildman–Crippen LogP) is 4.81. The molecule has 0 radical (unpaired) electrons. The Morgan fingerprint density at radius 2 is 1.57 bits per heavy atom. The largest absolute Gasteiger partial charge is 0.507 e. The molecule has 0 aliphatic rings. The maximum atomic E-state index is 11.4. The van der Waals surface area contributed by atoms with E-state index in [0.29, 0.717) is 18.6 Å². The van der Waals surface area contributed by atoms with E-state index in [1.165, 1.54) is 0 Å². The minimum Gasteiger partial charge on any atom is -0.507 e. The molecule has 0 amide bonds. The number of carboxylic acid groups (broad SMARTS) is 1. The first-order valence-corrected chi connectivity index (χ1v) is 8.08. The van der Waals surface area contributed by atoms with Crippen molar-refractivity contribution in [3.8, 4) is 5.75 Å². The molecular weight excluding hydrogens is 288 g/mol. The van der Waals surface area contributed by atoms with Crippen molar-refractivity contribution in [2.45, 2.75) is 65.2 Å². The lowest BCUT2D eigenvalue weighted by Gasteiger charge is -2.28. The molecule has 0 saturated carbocycles. The fourth-order valence-electron chi connectivity index (χ4n) is 2.71. The summed E-state index contributed by atoms with van der Waals surface area (Å²) in [5.41, 5.74) is 2.26. The average molecular weight is 318 g/mol. The summed E-state index contributed by atoms with van der Waals surface area (Å²) in [6.45, 7) is 16.0. The molecule has 3 heteroatoms. The van der Waals surface area contributed by atoms with Crippen LogP contribution in [0.25, 0.3) is 0 Å². The van der Waals surface area contributed by atoms with Crippen molar-refractivity contribution in [1.29, 1.82) is 0 Å². The number of aliphatic carboxylic acids is 1. The Morgan fingerprint density at radius 1 is 1.13 bits per heavy atom. The summed E-state index contributed by atoms with van der Waals surface area (Å²) < 4.78 is 0. The highest BCUT2D eigenvalue weighted by Crippen LogP contribution is 2.40. The smallest absolute Gasteiger partial charge is 0.307 e. The van der Waals surface area contributed by atoms with Crippen molar-refractivity contribution in [1.82, 2.24) is 0 Å². The van der Waals surface area contributed by atoms with Gasteiger partial charge in [-0.1, -0.05) is 59.8 Å². The zero-order chi connectivity index (χ0) is 18.0. The molecule has 128 valence electrons. The van der Waals surface area contributed by atoms with E-state index in [9.17, 15) is 15.0 Å². The molecule has 0 spiro atoms. The van der Waals surface area contributed by atoms with Crippen molar-refractivity contribution in [2.24, 2.45) is 5.92 Å². The highest BCUT2D eigenvalue weighted by Gasteiger charge is 2.27. The van der Waals surface area contributed by atoms with Crippen molar-refractivity contribution in [3.05, 3.63) is 41.5 Å². The lowest BCUT2D eigenvalue weighted by Crippen LogP contribution is -2.20. The minimum absolute atomic E-state index is 0.211. The quantitative estimate of drug-likeness (QED) is 0.766. The number of rotatable bonds is 5. The van der Waals surface area contributed by atoms with Crippen LogP contribution < -0.4 is 0 Å². The third kappa shape index (κ3) is 4.85. The van der Waals surface area contributed by atoms with Gasteiger partial charge in [-0.15, -0.1) is 6.58 Å². The van der Waals surface area contributed by atoms with Gasteiger partial charge in [0, 0.05) is 0 Å². The van der Waals surface area contributed by atoms with Crippen LogP contribution in [0.5, 0.6) is 5.75 Å². The van der Waals surface area contributed by atoms with Crippen LogP contribution in [0, 0.1) is 5.92 Å². The lowest BCUT2D eigenvalue weighted by atomic mass is 9.77. The van der Waals surface area contributed by atoms with Crippen LogP contribution in [0.4, 0.5) is 0 Å². The Labute approximate surface area is 140 Å². The summed E-state index contributed by atoms with van der Waals surface area (Å²) in [5, 5.41) is 20.1. The monoisotopic (exact) mass is 318 g/mol. The van der Waals surface area contributed by atoms with Gasteiger partial charge in [0.15, 0.2) is 0 Å². The summed E-state index contributed by atoms with van der Waals surface area (Å²) in [5.74, 6) is -0.977. The molecule has 3 nitrogen and oxygen atoms in total. The predicted molar refractivity (Wildman–Crippen MR) is 95.2 cm³/mol. The van der Waals surface area contributed by atoms with E-state index in [0.717, 1.165) is 16.7 Å². The molecule has 0 heterocycles. The number of hydrogen-bond donors (Lipinski definition) is 2. The van der Waals surface area contributed by atoms with Gasteiger partial charge < -0.3 is 10.2 Å². The number of benzene rings is 1. The van der Waals surface area contributed by atoms with Crippen molar-refractivity contribution in [2.75, 3.05) is 0 Å². The second-order valence-corrected chi connectivity index (χ2v) is 8.30. The zero-order valence-electron chi connectivity index (χ0n) is 15.2. The molecule has 23 heavy (non-hydrogen) atoms. The molecular formula is C20H30O3. The summed E-state index contributed by atoms with van der Waals surface area (Å²) >= 11 is 0. The standard InChI is InChI=1S/C20H30O3/c1-8-9-14(18(22)23)10-13-11-15(19(2,3)4)17(21)16(12-13)20(5,6)7/h8,11-12,14,21H,1,9-10H2,2-7H3,(H,22,23). The van der Waals surface area contributed by atoms with Crippen LogP contribution in [-0.4, -0.2) is 16.2 Å². The molecule has 1 unspecified atom stereocenters. The SMILES string of the molecule is C=CCC(Cc1cc(C(C)(C)C)c(O)c(C(C)(C)C)c1)C(=O)O. The second kappa shape index (κ2) is 6.77. The third-order valence-electron chi connectivity index (χ3n) is 4.07. The molecule has 1 rings (SSSR count). The van der Waals surface area contributed by atoms with E-state index in [4.69, 9.17) is 0 Å². The summed E-state index contributed by atoms with van der Waals surface area (Å²) in [4.78, 5) is 11.4. The Bertz CT molecular complexity index is 551. The van der Waals surface area contributed by atoms with Gasteiger partial charge in [0.25, 0.3) is 0 Å². The minimum atomic E-state index is -0.812. The fraction of sp³-hybridized carbons (Fsp3) is 0.550. The maximum Gasteiger partial charge on any atom is 0.307 e. The zero-order valence-corrected chi connectivity index (χ0v) is 15.2. The van der Waals surface area contributed by atoms with E-state index < -0.39 is 11.9 Å². The molecule has 0 aliphatic heterocycles. The molecule has 1 atom stereocenters. The number of allylic oxidation sites excluding steroid dienone is 1. The average Bonchev–Trinajstić information content (AvgIpc) is 2.37. The molecule has 0 bridgehead atoms. The van der Waals surface area contributed by atoms with Crippen LogP contribution in [0.2, 0.25) is 0 Å². The van der Waals surface area contributed by atoms with Crippen molar-refractivity contribution < 1.29 is 15.0 Å². The van der Waals surface area contributed by atoms with Gasteiger partial charge >= 0.3 is 5.97 Å². The van der Waals surface area contributed by atoms with Crippen LogP contribution in [-0.2, 0) is 22.0 Å². The Balaban J connectivity index is 3.44. The maximum absolute atomic E-state index is 11.4. The van der Waals surface area contributed by atoms with Gasteiger partial charge in [-0.05, 0) is 40.4 Å². The van der Waals surface area contributed by atoms with Gasteiger partial charge in [-0.3, -0.25) is 4.79 Å². The Morgan fingerprint density at radius 3 is 1.87 bits per heavy atom. The number of phenols is 1. The third-order valence-corrected chi connectivity index (χ3v) is 4.07. The van der Waals surface area contributed by atoms with Crippen LogP contribution in [0.3, 0.4) is 0 Å². The first-order valence-electron chi connectivity index (χ1n) is 8.08. The number of hydrogen-bond acceptors (Lipinski definition) is 2. The van der Waals surface area contributed by atoms with E-state index in [-0.39, 0.29) is 10.8 Å². The highest BCUT2D eigenvalue weighted by atomic mass is 16.4. The van der Waals surface area contributed by atoms with E-state index >= 15 is 0 Å². The molecule has 0 saturated heterocycles. The first kappa shape index (κ1) is 19.3.